The van der Waals surface area contributed by atoms with Crippen molar-refractivity contribution >= 4 is 23.3 Å². The van der Waals surface area contributed by atoms with Gasteiger partial charge in [-0.05, 0) is 61.9 Å². The smallest absolute Gasteiger partial charge is 0.319 e. The molecule has 0 atom stereocenters. The summed E-state index contributed by atoms with van der Waals surface area (Å²) in [5.41, 5.74) is 3.94. The van der Waals surface area contributed by atoms with Crippen LogP contribution in [0.25, 0.3) is 0 Å². The first-order chi connectivity index (χ1) is 13.1. The number of carbonyl (C=O) groups is 2. The lowest BCUT2D eigenvalue weighted by Gasteiger charge is -2.28. The summed E-state index contributed by atoms with van der Waals surface area (Å²) in [6.07, 6.45) is 4.46. The van der Waals surface area contributed by atoms with E-state index in [1.165, 1.54) is 5.56 Å². The van der Waals surface area contributed by atoms with Crippen LogP contribution >= 0.6 is 0 Å². The van der Waals surface area contributed by atoms with E-state index < -0.39 is 0 Å². The lowest BCUT2D eigenvalue weighted by molar-refractivity contribution is -0.119. The van der Waals surface area contributed by atoms with Crippen LogP contribution in [0, 0.1) is 6.92 Å². The highest BCUT2D eigenvalue weighted by atomic mass is 16.2. The van der Waals surface area contributed by atoms with Gasteiger partial charge < -0.3 is 15.5 Å². The van der Waals surface area contributed by atoms with Crippen molar-refractivity contribution in [3.05, 3.63) is 59.7 Å². The predicted octanol–water partition coefficient (Wildman–Crippen LogP) is 4.27. The standard InChI is InChI=1S/C22H27N3O2/c1-17-16-19(12-13-20(17)25-15-6-5-11-21(25)26)24-22(27)23-14-7-10-18-8-3-2-4-9-18/h2-4,8-9,12-13,16H,5-7,10-11,14-15H2,1H3,(H2,23,24,27). The fraction of sp³-hybridized carbons (Fsp3) is 0.364. The molecule has 0 aliphatic carbocycles. The molecule has 2 aromatic rings. The number of aryl methyl sites for hydroxylation is 2. The van der Waals surface area contributed by atoms with Crippen LogP contribution in [0.15, 0.2) is 48.5 Å². The fourth-order valence-corrected chi connectivity index (χ4v) is 3.41. The van der Waals surface area contributed by atoms with Gasteiger partial charge in [-0.3, -0.25) is 4.79 Å². The molecule has 5 heteroatoms. The van der Waals surface area contributed by atoms with Crippen LogP contribution in [0.5, 0.6) is 0 Å². The summed E-state index contributed by atoms with van der Waals surface area (Å²) in [5, 5.41) is 5.76. The van der Waals surface area contributed by atoms with E-state index >= 15 is 0 Å². The maximum atomic E-state index is 12.1. The summed E-state index contributed by atoms with van der Waals surface area (Å²) in [6, 6.07) is 15.7. The molecule has 1 aliphatic rings. The Kier molecular flexibility index (Phi) is 6.47. The van der Waals surface area contributed by atoms with Crippen molar-refractivity contribution in [2.75, 3.05) is 23.3 Å². The van der Waals surface area contributed by atoms with Crippen molar-refractivity contribution in [3.8, 4) is 0 Å². The van der Waals surface area contributed by atoms with E-state index in [4.69, 9.17) is 0 Å². The Morgan fingerprint density at radius 2 is 1.93 bits per heavy atom. The van der Waals surface area contributed by atoms with E-state index in [1.54, 1.807) is 0 Å². The average Bonchev–Trinajstić information content (AvgIpc) is 2.67. The predicted molar refractivity (Wildman–Crippen MR) is 109 cm³/mol. The lowest BCUT2D eigenvalue weighted by Crippen LogP contribution is -2.35. The summed E-state index contributed by atoms with van der Waals surface area (Å²) in [4.78, 5) is 26.0. The van der Waals surface area contributed by atoms with Crippen molar-refractivity contribution in [2.24, 2.45) is 0 Å². The molecule has 3 amide bonds. The van der Waals surface area contributed by atoms with Crippen molar-refractivity contribution in [3.63, 3.8) is 0 Å². The second kappa shape index (κ2) is 9.21. The third kappa shape index (κ3) is 5.33. The lowest BCUT2D eigenvalue weighted by atomic mass is 10.1. The molecular formula is C22H27N3O2. The van der Waals surface area contributed by atoms with Gasteiger partial charge in [-0.25, -0.2) is 4.79 Å². The summed E-state index contributed by atoms with van der Waals surface area (Å²) >= 11 is 0. The van der Waals surface area contributed by atoms with Crippen molar-refractivity contribution in [2.45, 2.75) is 39.0 Å². The molecular weight excluding hydrogens is 338 g/mol. The van der Waals surface area contributed by atoms with Crippen LogP contribution < -0.4 is 15.5 Å². The first kappa shape index (κ1) is 19.0. The Morgan fingerprint density at radius 3 is 2.67 bits per heavy atom. The van der Waals surface area contributed by atoms with Crippen LogP contribution in [0.2, 0.25) is 0 Å². The Morgan fingerprint density at radius 1 is 1.11 bits per heavy atom. The average molecular weight is 365 g/mol. The zero-order valence-electron chi connectivity index (χ0n) is 15.8. The molecule has 0 unspecified atom stereocenters. The van der Waals surface area contributed by atoms with Gasteiger partial charge in [-0.1, -0.05) is 30.3 Å². The Balaban J connectivity index is 1.48. The number of nitrogens with one attached hydrogen (secondary N) is 2. The zero-order chi connectivity index (χ0) is 19.1. The van der Waals surface area contributed by atoms with E-state index in [-0.39, 0.29) is 11.9 Å². The van der Waals surface area contributed by atoms with Gasteiger partial charge in [0.05, 0.1) is 0 Å². The molecule has 0 aromatic heterocycles. The van der Waals surface area contributed by atoms with E-state index in [0.29, 0.717) is 13.0 Å². The molecule has 5 nitrogen and oxygen atoms in total. The summed E-state index contributed by atoms with van der Waals surface area (Å²) in [6.45, 7) is 3.37. The van der Waals surface area contributed by atoms with Gasteiger partial charge in [0.2, 0.25) is 5.91 Å². The van der Waals surface area contributed by atoms with Gasteiger partial charge >= 0.3 is 6.03 Å². The van der Waals surface area contributed by atoms with Crippen LogP contribution in [-0.2, 0) is 11.2 Å². The Labute approximate surface area is 160 Å². The molecule has 0 spiro atoms. The highest BCUT2D eigenvalue weighted by molar-refractivity contribution is 5.95. The first-order valence-corrected chi connectivity index (χ1v) is 9.63. The second-order valence-electron chi connectivity index (χ2n) is 6.97. The Bertz CT molecular complexity index is 789. The molecule has 142 valence electrons. The molecule has 0 saturated carbocycles. The number of benzene rings is 2. The van der Waals surface area contributed by atoms with E-state index in [1.807, 2.05) is 48.2 Å². The summed E-state index contributed by atoms with van der Waals surface area (Å²) in [7, 11) is 0. The SMILES string of the molecule is Cc1cc(NC(=O)NCCCc2ccccc2)ccc1N1CCCCC1=O. The molecule has 1 heterocycles. The van der Waals surface area contributed by atoms with Gasteiger partial charge in [0.25, 0.3) is 0 Å². The Hall–Kier alpha value is -2.82. The second-order valence-corrected chi connectivity index (χ2v) is 6.97. The summed E-state index contributed by atoms with van der Waals surface area (Å²) in [5.74, 6) is 0.182. The van der Waals surface area contributed by atoms with Gasteiger partial charge in [-0.2, -0.15) is 0 Å². The number of hydrogen-bond acceptors (Lipinski definition) is 2. The van der Waals surface area contributed by atoms with Crippen LogP contribution in [0.1, 0.15) is 36.8 Å². The van der Waals surface area contributed by atoms with Crippen molar-refractivity contribution < 1.29 is 9.59 Å². The molecule has 2 aromatic carbocycles. The minimum Gasteiger partial charge on any atom is -0.338 e. The van der Waals surface area contributed by atoms with Gasteiger partial charge in [0.1, 0.15) is 0 Å². The van der Waals surface area contributed by atoms with Gasteiger partial charge in [-0.15, -0.1) is 0 Å². The number of rotatable bonds is 6. The number of piperidine rings is 1. The molecule has 1 fully saturated rings. The van der Waals surface area contributed by atoms with Crippen LogP contribution in [0.3, 0.4) is 0 Å². The molecule has 0 bridgehead atoms. The normalized spacial score (nSPS) is 14.1. The molecule has 27 heavy (non-hydrogen) atoms. The number of urea groups is 1. The largest absolute Gasteiger partial charge is 0.338 e. The number of anilines is 2. The van der Waals surface area contributed by atoms with E-state index in [0.717, 1.165) is 49.2 Å². The minimum absolute atomic E-state index is 0.182. The fourth-order valence-electron chi connectivity index (χ4n) is 3.41. The van der Waals surface area contributed by atoms with Gasteiger partial charge in [0, 0.05) is 30.9 Å². The number of carbonyl (C=O) groups excluding carboxylic acids is 2. The van der Waals surface area contributed by atoms with E-state index in [2.05, 4.69) is 22.8 Å². The van der Waals surface area contributed by atoms with Gasteiger partial charge in [0.15, 0.2) is 0 Å². The van der Waals surface area contributed by atoms with E-state index in [9.17, 15) is 9.59 Å². The quantitative estimate of drug-likeness (QED) is 0.751. The maximum absolute atomic E-state index is 12.1. The highest BCUT2D eigenvalue weighted by Crippen LogP contribution is 2.27. The van der Waals surface area contributed by atoms with Crippen LogP contribution in [-0.4, -0.2) is 25.0 Å². The molecule has 0 radical (unpaired) electrons. The maximum Gasteiger partial charge on any atom is 0.319 e. The highest BCUT2D eigenvalue weighted by Gasteiger charge is 2.21. The molecule has 1 saturated heterocycles. The number of hydrogen-bond donors (Lipinski definition) is 2. The molecule has 2 N–H and O–H groups in total. The minimum atomic E-state index is -0.204. The molecule has 1 aliphatic heterocycles. The molecule has 3 rings (SSSR count). The number of nitrogens with zero attached hydrogens (tertiary/aromatic N) is 1. The first-order valence-electron chi connectivity index (χ1n) is 9.63. The topological polar surface area (TPSA) is 61.4 Å². The van der Waals surface area contributed by atoms with Crippen molar-refractivity contribution in [1.82, 2.24) is 5.32 Å². The van der Waals surface area contributed by atoms with Crippen molar-refractivity contribution in [1.29, 1.82) is 0 Å². The number of amides is 3. The third-order valence-electron chi connectivity index (χ3n) is 4.84. The third-order valence-corrected chi connectivity index (χ3v) is 4.84. The zero-order valence-corrected chi connectivity index (χ0v) is 15.8. The van der Waals surface area contributed by atoms with Crippen LogP contribution in [0.4, 0.5) is 16.2 Å². The summed E-state index contributed by atoms with van der Waals surface area (Å²) < 4.78 is 0. The monoisotopic (exact) mass is 365 g/mol.